The number of rotatable bonds is 4. The maximum absolute atomic E-state index is 5.58. The van der Waals surface area contributed by atoms with E-state index < -0.39 is 0 Å². The average molecular weight is 204 g/mol. The van der Waals surface area contributed by atoms with Gasteiger partial charge in [0.05, 0.1) is 5.52 Å². The van der Waals surface area contributed by atoms with Crippen LogP contribution in [0.5, 0.6) is 0 Å². The predicted octanol–water partition coefficient (Wildman–Crippen LogP) is 1.59. The molecular formula is C12H16N2O. The SMILES string of the molecule is CCOn1cc(CCN)c2ccccc21. The van der Waals surface area contributed by atoms with Crippen LogP contribution in [-0.2, 0) is 6.42 Å². The number of hydrogen-bond donors (Lipinski definition) is 1. The Labute approximate surface area is 89.4 Å². The van der Waals surface area contributed by atoms with E-state index in [1.807, 2.05) is 30.0 Å². The molecule has 0 aliphatic carbocycles. The Balaban J connectivity index is 2.52. The number of para-hydroxylation sites is 1. The Bertz CT molecular complexity index is 408. The lowest BCUT2D eigenvalue weighted by Crippen LogP contribution is -2.08. The van der Waals surface area contributed by atoms with Crippen LogP contribution in [-0.4, -0.2) is 17.9 Å². The average Bonchev–Trinajstić information content (AvgIpc) is 2.59. The van der Waals surface area contributed by atoms with E-state index in [-0.39, 0.29) is 0 Å². The van der Waals surface area contributed by atoms with Gasteiger partial charge in [-0.1, -0.05) is 18.2 Å². The number of benzene rings is 1. The van der Waals surface area contributed by atoms with Gasteiger partial charge in [-0.25, -0.2) is 0 Å². The fourth-order valence-electron chi connectivity index (χ4n) is 1.82. The first-order valence-corrected chi connectivity index (χ1v) is 5.29. The van der Waals surface area contributed by atoms with Gasteiger partial charge in [0.25, 0.3) is 0 Å². The van der Waals surface area contributed by atoms with Gasteiger partial charge in [-0.05, 0) is 31.5 Å². The highest BCUT2D eigenvalue weighted by Gasteiger charge is 2.07. The van der Waals surface area contributed by atoms with E-state index in [0.717, 1.165) is 11.9 Å². The van der Waals surface area contributed by atoms with E-state index in [1.165, 1.54) is 10.9 Å². The van der Waals surface area contributed by atoms with Gasteiger partial charge in [-0.15, -0.1) is 0 Å². The fraction of sp³-hybridized carbons (Fsp3) is 0.333. The second-order valence-corrected chi connectivity index (χ2v) is 3.45. The van der Waals surface area contributed by atoms with Gasteiger partial charge in [0.2, 0.25) is 0 Å². The quantitative estimate of drug-likeness (QED) is 0.821. The molecule has 0 unspecified atom stereocenters. The Kier molecular flexibility index (Phi) is 2.92. The van der Waals surface area contributed by atoms with Crippen LogP contribution in [0.2, 0.25) is 0 Å². The first-order valence-electron chi connectivity index (χ1n) is 5.29. The molecular weight excluding hydrogens is 188 g/mol. The highest BCUT2D eigenvalue weighted by atomic mass is 16.7. The third kappa shape index (κ3) is 1.83. The molecule has 0 aliphatic rings. The van der Waals surface area contributed by atoms with Crippen LogP contribution in [0.15, 0.2) is 30.5 Å². The van der Waals surface area contributed by atoms with Crippen molar-refractivity contribution < 1.29 is 4.84 Å². The van der Waals surface area contributed by atoms with Crippen molar-refractivity contribution in [2.24, 2.45) is 5.73 Å². The summed E-state index contributed by atoms with van der Waals surface area (Å²) in [7, 11) is 0. The lowest BCUT2D eigenvalue weighted by molar-refractivity contribution is 0.132. The minimum Gasteiger partial charge on any atom is -0.414 e. The summed E-state index contributed by atoms with van der Waals surface area (Å²) in [5.41, 5.74) is 7.95. The van der Waals surface area contributed by atoms with Crippen LogP contribution in [0.25, 0.3) is 10.9 Å². The van der Waals surface area contributed by atoms with Crippen LogP contribution in [0.1, 0.15) is 12.5 Å². The Hall–Kier alpha value is -1.48. The molecule has 1 heterocycles. The first-order chi connectivity index (χ1) is 7.36. The molecule has 2 N–H and O–H groups in total. The summed E-state index contributed by atoms with van der Waals surface area (Å²) in [6.07, 6.45) is 2.92. The number of aromatic nitrogens is 1. The molecule has 15 heavy (non-hydrogen) atoms. The molecule has 0 aliphatic heterocycles. The molecule has 80 valence electrons. The maximum Gasteiger partial charge on any atom is 0.112 e. The topological polar surface area (TPSA) is 40.2 Å². The van der Waals surface area contributed by atoms with Crippen molar-refractivity contribution >= 4 is 10.9 Å². The lowest BCUT2D eigenvalue weighted by atomic mass is 10.1. The molecule has 1 aromatic carbocycles. The molecule has 0 atom stereocenters. The van der Waals surface area contributed by atoms with Gasteiger partial charge in [-0.3, -0.25) is 0 Å². The van der Waals surface area contributed by atoms with E-state index >= 15 is 0 Å². The standard InChI is InChI=1S/C12H16N2O/c1-2-15-14-9-10(7-8-13)11-5-3-4-6-12(11)14/h3-6,9H,2,7-8,13H2,1H3. The van der Waals surface area contributed by atoms with Crippen molar-refractivity contribution in [2.45, 2.75) is 13.3 Å². The minimum absolute atomic E-state index is 0.667. The zero-order valence-corrected chi connectivity index (χ0v) is 8.94. The summed E-state index contributed by atoms with van der Waals surface area (Å²) in [5.74, 6) is 0. The molecule has 0 bridgehead atoms. The smallest absolute Gasteiger partial charge is 0.112 e. The van der Waals surface area contributed by atoms with E-state index in [9.17, 15) is 0 Å². The molecule has 1 aromatic heterocycles. The number of fused-ring (bicyclic) bond motifs is 1. The third-order valence-corrected chi connectivity index (χ3v) is 2.44. The predicted molar refractivity (Wildman–Crippen MR) is 61.8 cm³/mol. The molecule has 0 saturated carbocycles. The zero-order valence-electron chi connectivity index (χ0n) is 8.94. The number of nitrogens with zero attached hydrogens (tertiary/aromatic N) is 1. The molecule has 0 radical (unpaired) electrons. The molecule has 2 aromatic rings. The fourth-order valence-corrected chi connectivity index (χ4v) is 1.82. The second-order valence-electron chi connectivity index (χ2n) is 3.45. The molecule has 0 amide bonds. The van der Waals surface area contributed by atoms with Gasteiger partial charge < -0.3 is 10.6 Å². The number of hydrogen-bond acceptors (Lipinski definition) is 2. The van der Waals surface area contributed by atoms with Gasteiger partial charge in [0.15, 0.2) is 0 Å². The largest absolute Gasteiger partial charge is 0.414 e. The highest BCUT2D eigenvalue weighted by molar-refractivity contribution is 5.83. The molecule has 3 heteroatoms. The zero-order chi connectivity index (χ0) is 10.7. The van der Waals surface area contributed by atoms with Gasteiger partial charge in [0.1, 0.15) is 6.61 Å². The van der Waals surface area contributed by atoms with E-state index in [4.69, 9.17) is 10.6 Å². The van der Waals surface area contributed by atoms with Crippen molar-refractivity contribution in [3.8, 4) is 0 Å². The Morgan fingerprint density at radius 3 is 2.87 bits per heavy atom. The summed E-state index contributed by atoms with van der Waals surface area (Å²) in [5, 5.41) is 1.23. The van der Waals surface area contributed by atoms with Crippen LogP contribution >= 0.6 is 0 Å². The second kappa shape index (κ2) is 4.36. The lowest BCUT2D eigenvalue weighted by Gasteiger charge is -2.03. The summed E-state index contributed by atoms with van der Waals surface area (Å²) in [6.45, 7) is 3.32. The molecule has 0 spiro atoms. The Morgan fingerprint density at radius 2 is 2.13 bits per heavy atom. The summed E-state index contributed by atoms with van der Waals surface area (Å²) in [4.78, 5) is 5.52. The summed E-state index contributed by atoms with van der Waals surface area (Å²) in [6, 6.07) is 8.23. The maximum atomic E-state index is 5.58. The molecule has 2 rings (SSSR count). The van der Waals surface area contributed by atoms with Crippen molar-refractivity contribution in [2.75, 3.05) is 13.2 Å². The van der Waals surface area contributed by atoms with E-state index in [2.05, 4.69) is 12.1 Å². The van der Waals surface area contributed by atoms with Crippen molar-refractivity contribution in [1.29, 1.82) is 0 Å². The summed E-state index contributed by atoms with van der Waals surface area (Å²) >= 11 is 0. The van der Waals surface area contributed by atoms with E-state index in [0.29, 0.717) is 13.2 Å². The van der Waals surface area contributed by atoms with Gasteiger partial charge >= 0.3 is 0 Å². The van der Waals surface area contributed by atoms with Gasteiger partial charge in [0, 0.05) is 11.6 Å². The molecule has 3 nitrogen and oxygen atoms in total. The van der Waals surface area contributed by atoms with Crippen LogP contribution in [0, 0.1) is 0 Å². The summed E-state index contributed by atoms with van der Waals surface area (Å²) < 4.78 is 1.83. The monoisotopic (exact) mass is 204 g/mol. The van der Waals surface area contributed by atoms with Crippen molar-refractivity contribution in [3.63, 3.8) is 0 Å². The van der Waals surface area contributed by atoms with Gasteiger partial charge in [-0.2, -0.15) is 4.73 Å². The van der Waals surface area contributed by atoms with E-state index in [1.54, 1.807) is 0 Å². The normalized spacial score (nSPS) is 10.8. The molecule has 0 saturated heterocycles. The van der Waals surface area contributed by atoms with Crippen molar-refractivity contribution in [3.05, 3.63) is 36.0 Å². The highest BCUT2D eigenvalue weighted by Crippen LogP contribution is 2.20. The van der Waals surface area contributed by atoms with Crippen molar-refractivity contribution in [1.82, 2.24) is 4.73 Å². The Morgan fingerprint density at radius 1 is 1.33 bits per heavy atom. The third-order valence-electron chi connectivity index (χ3n) is 2.44. The number of nitrogens with two attached hydrogens (primary N) is 1. The van der Waals surface area contributed by atoms with Crippen LogP contribution < -0.4 is 10.6 Å². The molecule has 0 fully saturated rings. The van der Waals surface area contributed by atoms with Crippen LogP contribution in [0.3, 0.4) is 0 Å². The minimum atomic E-state index is 0.667. The first kappa shape index (κ1) is 10.1. The van der Waals surface area contributed by atoms with Crippen LogP contribution in [0.4, 0.5) is 0 Å².